The summed E-state index contributed by atoms with van der Waals surface area (Å²) in [6.45, 7) is 4.98. The van der Waals surface area contributed by atoms with Gasteiger partial charge in [0.2, 0.25) is 0 Å². The molecular formula is C23H26N2O4. The van der Waals surface area contributed by atoms with Crippen LogP contribution in [0.5, 0.6) is 11.5 Å². The maximum absolute atomic E-state index is 13.1. The molecule has 152 valence electrons. The van der Waals surface area contributed by atoms with Crippen molar-refractivity contribution < 1.29 is 19.1 Å². The fraction of sp³-hybridized carbons (Fsp3) is 0.304. The molecule has 0 aromatic heterocycles. The number of nitrogens with zero attached hydrogens (tertiary/aromatic N) is 1. The van der Waals surface area contributed by atoms with Gasteiger partial charge in [-0.2, -0.15) is 0 Å². The first-order chi connectivity index (χ1) is 14.1. The molecule has 0 unspecified atom stereocenters. The van der Waals surface area contributed by atoms with Gasteiger partial charge in [0.15, 0.2) is 0 Å². The molecule has 6 nitrogen and oxygen atoms in total. The summed E-state index contributed by atoms with van der Waals surface area (Å²) in [6.07, 6.45) is 1.61. The Morgan fingerprint density at radius 3 is 2.31 bits per heavy atom. The van der Waals surface area contributed by atoms with Crippen LogP contribution in [0.25, 0.3) is 5.57 Å². The van der Waals surface area contributed by atoms with Gasteiger partial charge in [-0.15, -0.1) is 0 Å². The van der Waals surface area contributed by atoms with Crippen molar-refractivity contribution in [3.63, 3.8) is 0 Å². The number of hydrogen-bond acceptors (Lipinski definition) is 5. The summed E-state index contributed by atoms with van der Waals surface area (Å²) in [5.41, 5.74) is 1.92. The number of carbonyl (C=O) groups is 2. The van der Waals surface area contributed by atoms with E-state index in [-0.39, 0.29) is 17.5 Å². The summed E-state index contributed by atoms with van der Waals surface area (Å²) in [5, 5.41) is 3.14. The molecular weight excluding hydrogens is 368 g/mol. The van der Waals surface area contributed by atoms with Gasteiger partial charge >= 0.3 is 0 Å². The van der Waals surface area contributed by atoms with E-state index >= 15 is 0 Å². The molecule has 1 aliphatic heterocycles. The van der Waals surface area contributed by atoms with Crippen LogP contribution < -0.4 is 14.8 Å². The fourth-order valence-electron chi connectivity index (χ4n) is 3.21. The van der Waals surface area contributed by atoms with Crippen molar-refractivity contribution in [1.82, 2.24) is 4.90 Å². The van der Waals surface area contributed by atoms with Crippen LogP contribution in [0.4, 0.5) is 5.69 Å². The molecule has 6 heteroatoms. The lowest BCUT2D eigenvalue weighted by Gasteiger charge is -2.14. The summed E-state index contributed by atoms with van der Waals surface area (Å²) < 4.78 is 11.0. The number of nitrogens with one attached hydrogen (secondary N) is 1. The quantitative estimate of drug-likeness (QED) is 0.649. The Kier molecular flexibility index (Phi) is 6.54. The van der Waals surface area contributed by atoms with Crippen LogP contribution in [0.2, 0.25) is 0 Å². The number of anilines is 1. The molecule has 0 aliphatic carbocycles. The molecule has 1 heterocycles. The first-order valence-corrected chi connectivity index (χ1v) is 9.84. The second-order valence-corrected chi connectivity index (χ2v) is 6.71. The molecule has 0 fully saturated rings. The molecule has 0 bridgehead atoms. The standard InChI is InChI=1S/C23H26N2O4/c1-4-14-25-22(26)20(16-10-12-17(13-11-16)29-15-5-2)21(23(25)27)24-18-8-6-7-9-19(18)28-3/h6-13,24H,4-5,14-15H2,1-3H3. The third-order valence-corrected chi connectivity index (χ3v) is 4.60. The Hall–Kier alpha value is -3.28. The smallest absolute Gasteiger partial charge is 0.278 e. The van der Waals surface area contributed by atoms with Crippen molar-refractivity contribution in [1.29, 1.82) is 0 Å². The lowest BCUT2D eigenvalue weighted by Crippen LogP contribution is -2.33. The normalized spacial score (nSPS) is 13.8. The van der Waals surface area contributed by atoms with Crippen LogP contribution in [0.1, 0.15) is 32.3 Å². The van der Waals surface area contributed by atoms with E-state index in [1.165, 1.54) is 4.90 Å². The minimum absolute atomic E-state index is 0.259. The Morgan fingerprint density at radius 1 is 0.931 bits per heavy atom. The highest BCUT2D eigenvalue weighted by atomic mass is 16.5. The number of imide groups is 1. The number of rotatable bonds is 9. The SMILES string of the molecule is CCCOc1ccc(C2=C(Nc3ccccc3OC)C(=O)N(CCC)C2=O)cc1. The predicted molar refractivity (Wildman–Crippen MR) is 113 cm³/mol. The van der Waals surface area contributed by atoms with Crippen LogP contribution in [-0.4, -0.2) is 37.0 Å². The zero-order valence-electron chi connectivity index (χ0n) is 17.0. The summed E-state index contributed by atoms with van der Waals surface area (Å²) >= 11 is 0. The van der Waals surface area contributed by atoms with Crippen molar-refractivity contribution in [2.75, 3.05) is 25.6 Å². The zero-order chi connectivity index (χ0) is 20.8. The summed E-state index contributed by atoms with van der Waals surface area (Å²) in [5.74, 6) is 0.704. The number of amides is 2. The van der Waals surface area contributed by atoms with Crippen molar-refractivity contribution in [2.24, 2.45) is 0 Å². The molecule has 0 radical (unpaired) electrons. The highest BCUT2D eigenvalue weighted by molar-refractivity contribution is 6.36. The number of benzene rings is 2. The third kappa shape index (κ3) is 4.26. The first-order valence-electron chi connectivity index (χ1n) is 9.84. The molecule has 29 heavy (non-hydrogen) atoms. The maximum atomic E-state index is 13.1. The fourth-order valence-corrected chi connectivity index (χ4v) is 3.21. The Balaban J connectivity index is 2.01. The summed E-state index contributed by atoms with van der Waals surface area (Å²) in [7, 11) is 1.57. The number of carbonyl (C=O) groups excluding carboxylic acids is 2. The third-order valence-electron chi connectivity index (χ3n) is 4.60. The van der Waals surface area contributed by atoms with E-state index in [1.54, 1.807) is 13.2 Å². The maximum Gasteiger partial charge on any atom is 0.278 e. The van der Waals surface area contributed by atoms with Crippen molar-refractivity contribution in [2.45, 2.75) is 26.7 Å². The number of para-hydroxylation sites is 2. The second kappa shape index (κ2) is 9.28. The number of ether oxygens (including phenoxy) is 2. The first kappa shape index (κ1) is 20.5. The van der Waals surface area contributed by atoms with Gasteiger partial charge in [0.25, 0.3) is 11.8 Å². The van der Waals surface area contributed by atoms with E-state index < -0.39 is 0 Å². The summed E-state index contributed by atoms with van der Waals surface area (Å²) in [4.78, 5) is 27.4. The van der Waals surface area contributed by atoms with Crippen LogP contribution in [-0.2, 0) is 9.59 Å². The monoisotopic (exact) mass is 394 g/mol. The van der Waals surface area contributed by atoms with Crippen molar-refractivity contribution in [3.8, 4) is 11.5 Å². The molecule has 1 N–H and O–H groups in total. The second-order valence-electron chi connectivity index (χ2n) is 6.71. The van der Waals surface area contributed by atoms with Gasteiger partial charge in [-0.25, -0.2) is 0 Å². The largest absolute Gasteiger partial charge is 0.495 e. The molecule has 3 rings (SSSR count). The van der Waals surface area contributed by atoms with Gasteiger partial charge in [0.1, 0.15) is 17.2 Å². The molecule has 2 aromatic rings. The minimum Gasteiger partial charge on any atom is -0.495 e. The van der Waals surface area contributed by atoms with E-state index in [0.717, 1.165) is 12.2 Å². The van der Waals surface area contributed by atoms with Crippen LogP contribution in [0.15, 0.2) is 54.2 Å². The van der Waals surface area contributed by atoms with Gasteiger partial charge in [-0.05, 0) is 42.7 Å². The van der Waals surface area contributed by atoms with E-state index in [2.05, 4.69) is 5.32 Å². The Morgan fingerprint density at radius 2 is 1.66 bits per heavy atom. The lowest BCUT2D eigenvalue weighted by molar-refractivity contribution is -0.136. The van der Waals surface area contributed by atoms with Gasteiger partial charge < -0.3 is 14.8 Å². The van der Waals surface area contributed by atoms with Crippen LogP contribution >= 0.6 is 0 Å². The van der Waals surface area contributed by atoms with E-state index in [1.807, 2.05) is 56.3 Å². The minimum atomic E-state index is -0.330. The molecule has 1 aliphatic rings. The number of hydrogen-bond donors (Lipinski definition) is 1. The molecule has 0 saturated carbocycles. The van der Waals surface area contributed by atoms with Crippen LogP contribution in [0, 0.1) is 0 Å². The molecule has 2 amide bonds. The zero-order valence-corrected chi connectivity index (χ0v) is 17.0. The van der Waals surface area contributed by atoms with Gasteiger partial charge in [-0.1, -0.05) is 38.1 Å². The topological polar surface area (TPSA) is 67.9 Å². The van der Waals surface area contributed by atoms with Crippen molar-refractivity contribution >= 4 is 23.1 Å². The van der Waals surface area contributed by atoms with Gasteiger partial charge in [-0.3, -0.25) is 14.5 Å². The van der Waals surface area contributed by atoms with E-state index in [4.69, 9.17) is 9.47 Å². The lowest BCUT2D eigenvalue weighted by atomic mass is 10.0. The van der Waals surface area contributed by atoms with Crippen molar-refractivity contribution in [3.05, 3.63) is 59.8 Å². The predicted octanol–water partition coefficient (Wildman–Crippen LogP) is 4.09. The number of methoxy groups -OCH3 is 1. The van der Waals surface area contributed by atoms with E-state index in [0.29, 0.717) is 42.1 Å². The highest BCUT2D eigenvalue weighted by Crippen LogP contribution is 2.33. The molecule has 0 saturated heterocycles. The van der Waals surface area contributed by atoms with E-state index in [9.17, 15) is 9.59 Å². The Labute approximate surface area is 171 Å². The van der Waals surface area contributed by atoms with Gasteiger partial charge in [0, 0.05) is 6.54 Å². The highest BCUT2D eigenvalue weighted by Gasteiger charge is 2.38. The molecule has 0 spiro atoms. The Bertz CT molecular complexity index is 919. The van der Waals surface area contributed by atoms with Gasteiger partial charge in [0.05, 0.1) is 25.0 Å². The average Bonchev–Trinajstić information content (AvgIpc) is 2.97. The molecule has 2 aromatic carbocycles. The summed E-state index contributed by atoms with van der Waals surface area (Å²) in [6, 6.07) is 14.6. The van der Waals surface area contributed by atoms with Crippen LogP contribution in [0.3, 0.4) is 0 Å². The average molecular weight is 394 g/mol. The molecule has 0 atom stereocenters.